The van der Waals surface area contributed by atoms with Crippen LogP contribution in [-0.4, -0.2) is 25.0 Å². The second-order valence-electron chi connectivity index (χ2n) is 5.92. The van der Waals surface area contributed by atoms with E-state index < -0.39 is 35.2 Å². The first-order valence-electron chi connectivity index (χ1n) is 7.89. The van der Waals surface area contributed by atoms with Crippen LogP contribution >= 0.6 is 0 Å². The molecule has 1 aliphatic carbocycles. The highest BCUT2D eigenvalue weighted by Gasteiger charge is 2.37. The number of ether oxygens (including phenoxy) is 1. The molecule has 1 aliphatic rings. The van der Waals surface area contributed by atoms with Crippen molar-refractivity contribution in [1.29, 1.82) is 0 Å². The maximum Gasteiger partial charge on any atom is 0.417 e. The van der Waals surface area contributed by atoms with E-state index in [2.05, 4.69) is 5.32 Å². The van der Waals surface area contributed by atoms with Gasteiger partial charge in [0.25, 0.3) is 5.91 Å². The van der Waals surface area contributed by atoms with Crippen molar-refractivity contribution >= 4 is 11.9 Å². The summed E-state index contributed by atoms with van der Waals surface area (Å²) in [5, 5.41) is 2.45. The molecule has 132 valence electrons. The number of methoxy groups -OCH3 is 1. The Kier molecular flexibility index (Phi) is 5.85. The fraction of sp³-hybridized carbons (Fsp3) is 0.529. The number of halogens is 3. The molecule has 24 heavy (non-hydrogen) atoms. The van der Waals surface area contributed by atoms with E-state index in [9.17, 15) is 22.8 Å². The zero-order valence-corrected chi connectivity index (χ0v) is 13.4. The van der Waals surface area contributed by atoms with Gasteiger partial charge in [0.05, 0.1) is 18.2 Å². The van der Waals surface area contributed by atoms with Crippen molar-refractivity contribution in [2.24, 2.45) is 5.92 Å². The Hall–Kier alpha value is -2.05. The minimum absolute atomic E-state index is 0.117. The highest BCUT2D eigenvalue weighted by atomic mass is 19.4. The number of rotatable bonds is 4. The van der Waals surface area contributed by atoms with Crippen LogP contribution in [0.2, 0.25) is 0 Å². The van der Waals surface area contributed by atoms with Gasteiger partial charge in [0.2, 0.25) is 0 Å². The summed E-state index contributed by atoms with van der Waals surface area (Å²) in [6.07, 6.45) is -0.267. The highest BCUT2D eigenvalue weighted by molar-refractivity contribution is 5.98. The molecule has 1 N–H and O–H groups in total. The van der Waals surface area contributed by atoms with E-state index in [0.29, 0.717) is 0 Å². The molecule has 0 bridgehead atoms. The molecule has 1 atom stereocenters. The summed E-state index contributed by atoms with van der Waals surface area (Å²) >= 11 is 0. The fourth-order valence-electron chi connectivity index (χ4n) is 3.11. The first-order valence-corrected chi connectivity index (χ1v) is 7.89. The minimum atomic E-state index is -4.64. The molecule has 0 heterocycles. The first-order chi connectivity index (χ1) is 11.3. The van der Waals surface area contributed by atoms with Crippen molar-refractivity contribution in [2.45, 2.75) is 44.3 Å². The summed E-state index contributed by atoms with van der Waals surface area (Å²) in [6.45, 7) is 0. The molecule has 0 aromatic heterocycles. The van der Waals surface area contributed by atoms with Gasteiger partial charge in [-0.1, -0.05) is 31.4 Å². The zero-order chi connectivity index (χ0) is 17.7. The lowest BCUT2D eigenvalue weighted by Crippen LogP contribution is -2.47. The van der Waals surface area contributed by atoms with Crippen molar-refractivity contribution in [2.75, 3.05) is 7.11 Å². The van der Waals surface area contributed by atoms with Gasteiger partial charge in [0.1, 0.15) is 6.04 Å². The van der Waals surface area contributed by atoms with Gasteiger partial charge in [-0.25, -0.2) is 4.79 Å². The number of alkyl halides is 3. The summed E-state index contributed by atoms with van der Waals surface area (Å²) < 4.78 is 43.9. The van der Waals surface area contributed by atoms with Gasteiger partial charge < -0.3 is 10.1 Å². The normalized spacial score (nSPS) is 17.2. The third kappa shape index (κ3) is 4.27. The van der Waals surface area contributed by atoms with Crippen LogP contribution in [-0.2, 0) is 15.7 Å². The molecule has 1 aromatic rings. The van der Waals surface area contributed by atoms with E-state index in [-0.39, 0.29) is 5.92 Å². The lowest BCUT2D eigenvalue weighted by molar-refractivity contribution is -0.144. The fourth-order valence-corrected chi connectivity index (χ4v) is 3.11. The Morgan fingerprint density at radius 2 is 1.79 bits per heavy atom. The van der Waals surface area contributed by atoms with E-state index in [4.69, 9.17) is 4.74 Å². The molecular formula is C17H20F3NO3. The molecular weight excluding hydrogens is 323 g/mol. The number of nitrogens with one attached hydrogen (secondary N) is 1. The molecule has 0 spiro atoms. The van der Waals surface area contributed by atoms with Crippen molar-refractivity contribution < 1.29 is 27.5 Å². The number of carbonyl (C=O) groups is 2. The number of benzene rings is 1. The lowest BCUT2D eigenvalue weighted by atomic mass is 9.83. The van der Waals surface area contributed by atoms with E-state index in [1.54, 1.807) is 0 Å². The summed E-state index contributed by atoms with van der Waals surface area (Å²) in [7, 11) is 1.20. The van der Waals surface area contributed by atoms with Gasteiger partial charge in [0, 0.05) is 0 Å². The minimum Gasteiger partial charge on any atom is -0.467 e. The van der Waals surface area contributed by atoms with Crippen LogP contribution in [0.25, 0.3) is 0 Å². The van der Waals surface area contributed by atoms with E-state index in [1.165, 1.54) is 19.2 Å². The van der Waals surface area contributed by atoms with E-state index in [0.717, 1.165) is 44.2 Å². The van der Waals surface area contributed by atoms with Crippen molar-refractivity contribution in [3.63, 3.8) is 0 Å². The molecule has 2 rings (SSSR count). The Bertz CT molecular complexity index is 595. The maximum atomic E-state index is 13.1. The number of carbonyl (C=O) groups excluding carboxylic acids is 2. The van der Waals surface area contributed by atoms with Crippen molar-refractivity contribution in [3.05, 3.63) is 35.4 Å². The Labute approximate surface area is 138 Å². The Morgan fingerprint density at radius 1 is 1.17 bits per heavy atom. The molecule has 0 unspecified atom stereocenters. The third-order valence-corrected chi connectivity index (χ3v) is 4.34. The Balaban J connectivity index is 2.23. The van der Waals surface area contributed by atoms with Crippen LogP contribution in [0.5, 0.6) is 0 Å². The maximum absolute atomic E-state index is 13.1. The van der Waals surface area contributed by atoms with Crippen LogP contribution in [0.1, 0.15) is 48.0 Å². The summed E-state index contributed by atoms with van der Waals surface area (Å²) in [4.78, 5) is 24.4. The van der Waals surface area contributed by atoms with Gasteiger partial charge in [-0.2, -0.15) is 13.2 Å². The molecule has 0 radical (unpaired) electrons. The second kappa shape index (κ2) is 7.68. The number of esters is 1. The molecule has 7 heteroatoms. The quantitative estimate of drug-likeness (QED) is 0.851. The molecule has 0 aliphatic heterocycles. The average molecular weight is 343 g/mol. The molecule has 0 saturated heterocycles. The van der Waals surface area contributed by atoms with Gasteiger partial charge in [-0.05, 0) is 30.9 Å². The third-order valence-electron chi connectivity index (χ3n) is 4.34. The standard InChI is InChI=1S/C17H20F3NO3/c1-24-16(23)14(11-7-3-2-4-8-11)21-15(22)12-9-5-6-10-13(12)17(18,19)20/h5-6,9-11,14H,2-4,7-8H2,1H3,(H,21,22)/t14-/m0/s1. The molecule has 1 saturated carbocycles. The lowest BCUT2D eigenvalue weighted by Gasteiger charge is -2.29. The molecule has 1 fully saturated rings. The molecule has 1 amide bonds. The number of hydrogen-bond acceptors (Lipinski definition) is 3. The van der Waals surface area contributed by atoms with Gasteiger partial charge in [-0.15, -0.1) is 0 Å². The topological polar surface area (TPSA) is 55.4 Å². The Morgan fingerprint density at radius 3 is 2.38 bits per heavy atom. The predicted octanol–water partition coefficient (Wildman–Crippen LogP) is 3.56. The number of hydrogen-bond donors (Lipinski definition) is 1. The highest BCUT2D eigenvalue weighted by Crippen LogP contribution is 2.32. The second-order valence-corrected chi connectivity index (χ2v) is 5.92. The van der Waals surface area contributed by atoms with Crippen LogP contribution in [0.4, 0.5) is 13.2 Å². The zero-order valence-electron chi connectivity index (χ0n) is 13.4. The smallest absolute Gasteiger partial charge is 0.417 e. The van der Waals surface area contributed by atoms with Crippen molar-refractivity contribution in [1.82, 2.24) is 5.32 Å². The number of amides is 1. The van der Waals surface area contributed by atoms with Crippen molar-refractivity contribution in [3.8, 4) is 0 Å². The average Bonchev–Trinajstić information content (AvgIpc) is 2.58. The van der Waals surface area contributed by atoms with Crippen LogP contribution in [0.3, 0.4) is 0 Å². The largest absolute Gasteiger partial charge is 0.467 e. The van der Waals surface area contributed by atoms with Gasteiger partial charge in [-0.3, -0.25) is 4.79 Å². The van der Waals surface area contributed by atoms with Gasteiger partial charge in [0.15, 0.2) is 0 Å². The van der Waals surface area contributed by atoms with Crippen LogP contribution in [0.15, 0.2) is 24.3 Å². The summed E-state index contributed by atoms with van der Waals surface area (Å²) in [6, 6.07) is 3.61. The van der Waals surface area contributed by atoms with Crippen LogP contribution < -0.4 is 5.32 Å². The SMILES string of the molecule is COC(=O)[C@@H](NC(=O)c1ccccc1C(F)(F)F)C1CCCCC1. The summed E-state index contributed by atoms with van der Waals surface area (Å²) in [5.74, 6) is -1.66. The van der Waals surface area contributed by atoms with E-state index in [1.807, 2.05) is 0 Å². The predicted molar refractivity (Wildman–Crippen MR) is 81.3 cm³/mol. The monoisotopic (exact) mass is 343 g/mol. The summed E-state index contributed by atoms with van der Waals surface area (Å²) in [5.41, 5.74) is -1.51. The van der Waals surface area contributed by atoms with Gasteiger partial charge >= 0.3 is 12.1 Å². The first kappa shape index (κ1) is 18.3. The molecule has 1 aromatic carbocycles. The molecule has 4 nitrogen and oxygen atoms in total. The van der Waals surface area contributed by atoms with Crippen LogP contribution in [0, 0.1) is 5.92 Å². The van der Waals surface area contributed by atoms with E-state index >= 15 is 0 Å².